The monoisotopic (exact) mass is 434 g/mol. The Morgan fingerprint density at radius 3 is 2.16 bits per heavy atom. The molecule has 4 aliphatic rings. The van der Waals surface area contributed by atoms with E-state index in [1.165, 1.54) is 0 Å². The van der Waals surface area contributed by atoms with Gasteiger partial charge >= 0.3 is 0 Å². The highest BCUT2D eigenvalue weighted by Gasteiger charge is 2.32. The lowest BCUT2D eigenvalue weighted by Gasteiger charge is -2.41. The summed E-state index contributed by atoms with van der Waals surface area (Å²) in [6, 6.07) is 0.844. The number of carbonyl (C=O) groups excluding carboxylic acids is 3. The highest BCUT2D eigenvalue weighted by molar-refractivity contribution is 5.86. The minimum absolute atomic E-state index is 0.00566. The summed E-state index contributed by atoms with van der Waals surface area (Å²) in [4.78, 5) is 41.4. The van der Waals surface area contributed by atoms with E-state index in [9.17, 15) is 14.4 Å². The number of carbonyl (C=O) groups is 3. The van der Waals surface area contributed by atoms with Crippen LogP contribution in [-0.2, 0) is 19.1 Å². The number of hydrogen-bond acceptors (Lipinski definition) is 5. The van der Waals surface area contributed by atoms with Crippen LogP contribution in [0, 0.1) is 11.8 Å². The van der Waals surface area contributed by atoms with Gasteiger partial charge in [-0.1, -0.05) is 0 Å². The molecule has 174 valence electrons. The topological polar surface area (TPSA) is 91.0 Å². The Bertz CT molecular complexity index is 631. The molecule has 3 saturated heterocycles. The summed E-state index contributed by atoms with van der Waals surface area (Å²) in [6.45, 7) is 5.23. The van der Waals surface area contributed by atoms with Crippen molar-refractivity contribution in [3.05, 3.63) is 0 Å². The molecule has 4 rings (SSSR count). The summed E-state index contributed by atoms with van der Waals surface area (Å²) >= 11 is 0. The van der Waals surface area contributed by atoms with Crippen LogP contribution < -0.4 is 10.6 Å². The summed E-state index contributed by atoms with van der Waals surface area (Å²) in [5.41, 5.74) is 0. The molecule has 0 atom stereocenters. The van der Waals surface area contributed by atoms with Crippen LogP contribution in [-0.4, -0.2) is 85.5 Å². The van der Waals surface area contributed by atoms with Gasteiger partial charge in [0.25, 0.3) is 0 Å². The van der Waals surface area contributed by atoms with Crippen molar-refractivity contribution in [2.75, 3.05) is 45.9 Å². The summed E-state index contributed by atoms with van der Waals surface area (Å²) < 4.78 is 5.40. The van der Waals surface area contributed by atoms with Gasteiger partial charge in [-0.25, -0.2) is 0 Å². The van der Waals surface area contributed by atoms with Crippen molar-refractivity contribution in [3.63, 3.8) is 0 Å². The van der Waals surface area contributed by atoms with E-state index >= 15 is 0 Å². The molecule has 8 heteroatoms. The van der Waals surface area contributed by atoms with Gasteiger partial charge in [0.05, 0.1) is 6.54 Å². The molecule has 8 nitrogen and oxygen atoms in total. The molecule has 3 aliphatic heterocycles. The van der Waals surface area contributed by atoms with Crippen LogP contribution >= 0.6 is 0 Å². The Hall–Kier alpha value is -1.67. The van der Waals surface area contributed by atoms with Gasteiger partial charge in [0.2, 0.25) is 17.7 Å². The van der Waals surface area contributed by atoms with Gasteiger partial charge in [0.1, 0.15) is 0 Å². The lowest BCUT2D eigenvalue weighted by molar-refractivity contribution is -0.135. The van der Waals surface area contributed by atoms with Gasteiger partial charge in [-0.2, -0.15) is 0 Å². The summed E-state index contributed by atoms with van der Waals surface area (Å²) in [5, 5.41) is 5.71. The fraction of sp³-hybridized carbons (Fsp3) is 0.870. The maximum Gasteiger partial charge on any atom is 0.239 e. The largest absolute Gasteiger partial charge is 0.381 e. The van der Waals surface area contributed by atoms with Crippen LogP contribution in [0.1, 0.15) is 57.8 Å². The van der Waals surface area contributed by atoms with Crippen LogP contribution in [0.2, 0.25) is 0 Å². The minimum atomic E-state index is -0.0774. The van der Waals surface area contributed by atoms with E-state index < -0.39 is 0 Å². The van der Waals surface area contributed by atoms with Crippen molar-refractivity contribution in [2.24, 2.45) is 11.8 Å². The van der Waals surface area contributed by atoms with Crippen LogP contribution in [0.4, 0.5) is 0 Å². The van der Waals surface area contributed by atoms with Gasteiger partial charge in [-0.05, 0) is 70.4 Å². The molecular weight excluding hydrogens is 396 g/mol. The Balaban J connectivity index is 1.12. The highest BCUT2D eigenvalue weighted by Crippen LogP contribution is 2.26. The third kappa shape index (κ3) is 6.65. The van der Waals surface area contributed by atoms with Gasteiger partial charge in [-0.15, -0.1) is 0 Å². The van der Waals surface area contributed by atoms with E-state index in [0.29, 0.717) is 30.3 Å². The first kappa shape index (κ1) is 22.5. The van der Waals surface area contributed by atoms with Crippen molar-refractivity contribution >= 4 is 17.7 Å². The van der Waals surface area contributed by atoms with Crippen molar-refractivity contribution in [1.82, 2.24) is 20.4 Å². The molecule has 0 aromatic carbocycles. The van der Waals surface area contributed by atoms with E-state index in [-0.39, 0.29) is 24.3 Å². The van der Waals surface area contributed by atoms with Crippen molar-refractivity contribution in [1.29, 1.82) is 0 Å². The zero-order valence-corrected chi connectivity index (χ0v) is 18.7. The Kier molecular flexibility index (Phi) is 7.82. The SMILES string of the molecule is O=C(CNC(=O)C1CCN(C2CCN(C(=O)CC3CCOCC3)CC2)CC1)NC1CC1. The zero-order chi connectivity index (χ0) is 21.6. The molecule has 2 N–H and O–H groups in total. The van der Waals surface area contributed by atoms with Gasteiger partial charge in [0.15, 0.2) is 0 Å². The standard InChI is InChI=1S/C23H38N4O4/c28-21(25-19-1-2-19)16-24-23(30)18-3-9-26(10-4-18)20-5-11-27(12-6-20)22(29)15-17-7-13-31-14-8-17/h17-20H,1-16H2,(H,24,30)(H,25,28). The second-order valence-electron chi connectivity index (χ2n) is 9.74. The molecular formula is C23H38N4O4. The highest BCUT2D eigenvalue weighted by atomic mass is 16.5. The molecule has 0 aromatic heterocycles. The normalized spacial score (nSPS) is 24.7. The van der Waals surface area contributed by atoms with Crippen molar-refractivity contribution in [2.45, 2.75) is 69.9 Å². The number of hydrogen-bond donors (Lipinski definition) is 2. The lowest BCUT2D eigenvalue weighted by atomic mass is 9.92. The molecule has 1 aliphatic carbocycles. The lowest BCUT2D eigenvalue weighted by Crippen LogP contribution is -2.50. The molecule has 0 unspecified atom stereocenters. The van der Waals surface area contributed by atoms with Gasteiger partial charge in [0, 0.05) is 50.7 Å². The number of nitrogens with zero attached hydrogens (tertiary/aromatic N) is 2. The number of amides is 3. The third-order valence-corrected chi connectivity index (χ3v) is 7.40. The molecule has 4 fully saturated rings. The predicted molar refractivity (Wildman–Crippen MR) is 116 cm³/mol. The summed E-state index contributed by atoms with van der Waals surface area (Å²) in [6.07, 6.45) is 8.55. The molecule has 31 heavy (non-hydrogen) atoms. The molecule has 3 heterocycles. The van der Waals surface area contributed by atoms with E-state index in [0.717, 1.165) is 90.8 Å². The Morgan fingerprint density at radius 1 is 0.839 bits per heavy atom. The van der Waals surface area contributed by atoms with Gasteiger partial charge in [-0.3, -0.25) is 14.4 Å². The van der Waals surface area contributed by atoms with Crippen LogP contribution in [0.5, 0.6) is 0 Å². The smallest absolute Gasteiger partial charge is 0.239 e. The average Bonchev–Trinajstić information content (AvgIpc) is 3.62. The number of likely N-dealkylation sites (tertiary alicyclic amines) is 2. The number of piperidine rings is 2. The maximum atomic E-state index is 12.6. The number of rotatable bonds is 7. The van der Waals surface area contributed by atoms with Gasteiger partial charge < -0.3 is 25.2 Å². The second kappa shape index (κ2) is 10.8. The first-order valence-electron chi connectivity index (χ1n) is 12.2. The van der Waals surface area contributed by atoms with E-state index in [1.807, 2.05) is 0 Å². The Morgan fingerprint density at radius 2 is 1.52 bits per heavy atom. The van der Waals surface area contributed by atoms with Crippen molar-refractivity contribution < 1.29 is 19.1 Å². The zero-order valence-electron chi connectivity index (χ0n) is 18.7. The van der Waals surface area contributed by atoms with E-state index in [4.69, 9.17) is 4.74 Å². The molecule has 1 saturated carbocycles. The van der Waals surface area contributed by atoms with Crippen molar-refractivity contribution in [3.8, 4) is 0 Å². The predicted octanol–water partition coefficient (Wildman–Crippen LogP) is 0.901. The molecule has 0 spiro atoms. The fourth-order valence-electron chi connectivity index (χ4n) is 5.15. The second-order valence-corrected chi connectivity index (χ2v) is 9.74. The molecule has 0 aromatic rings. The molecule has 3 amide bonds. The fourth-order valence-corrected chi connectivity index (χ4v) is 5.15. The number of nitrogens with one attached hydrogen (secondary N) is 2. The summed E-state index contributed by atoms with van der Waals surface area (Å²) in [5.74, 6) is 0.743. The molecule has 0 radical (unpaired) electrons. The summed E-state index contributed by atoms with van der Waals surface area (Å²) in [7, 11) is 0. The minimum Gasteiger partial charge on any atom is -0.381 e. The van der Waals surface area contributed by atoms with Crippen LogP contribution in [0.15, 0.2) is 0 Å². The Labute approximate surface area is 185 Å². The van der Waals surface area contributed by atoms with E-state index in [2.05, 4.69) is 20.4 Å². The third-order valence-electron chi connectivity index (χ3n) is 7.40. The van der Waals surface area contributed by atoms with Crippen LogP contribution in [0.25, 0.3) is 0 Å². The first-order valence-corrected chi connectivity index (χ1v) is 12.2. The molecule has 0 bridgehead atoms. The number of ether oxygens (including phenoxy) is 1. The first-order chi connectivity index (χ1) is 15.1. The maximum absolute atomic E-state index is 12.6. The van der Waals surface area contributed by atoms with Crippen LogP contribution in [0.3, 0.4) is 0 Å². The average molecular weight is 435 g/mol. The quantitative estimate of drug-likeness (QED) is 0.621. The van der Waals surface area contributed by atoms with E-state index in [1.54, 1.807) is 0 Å².